The molecule has 0 bridgehead atoms. The van der Waals surface area contributed by atoms with Gasteiger partial charge >= 0.3 is 0 Å². The summed E-state index contributed by atoms with van der Waals surface area (Å²) in [5.41, 5.74) is 0. The zero-order valence-electron chi connectivity index (χ0n) is 13.9. The summed E-state index contributed by atoms with van der Waals surface area (Å²) in [5.74, 6) is 1.39. The Morgan fingerprint density at radius 1 is 1.32 bits per heavy atom. The largest absolute Gasteiger partial charge is 0.382 e. The van der Waals surface area contributed by atoms with Crippen molar-refractivity contribution in [1.82, 2.24) is 10.6 Å². The SMILES string of the molecule is CCNC(=NCC(C)Cc1cccs1)NCCOCCOC. The van der Waals surface area contributed by atoms with Gasteiger partial charge in [-0.05, 0) is 30.7 Å². The number of hydrogen-bond acceptors (Lipinski definition) is 4. The average molecular weight is 327 g/mol. The summed E-state index contributed by atoms with van der Waals surface area (Å²) in [7, 11) is 1.68. The molecule has 126 valence electrons. The van der Waals surface area contributed by atoms with Crippen molar-refractivity contribution in [3.63, 3.8) is 0 Å². The lowest BCUT2D eigenvalue weighted by molar-refractivity contribution is 0.0733. The Labute approximate surface area is 138 Å². The molecule has 0 spiro atoms. The van der Waals surface area contributed by atoms with Gasteiger partial charge < -0.3 is 20.1 Å². The van der Waals surface area contributed by atoms with Crippen molar-refractivity contribution < 1.29 is 9.47 Å². The van der Waals surface area contributed by atoms with Crippen molar-refractivity contribution in [2.45, 2.75) is 20.3 Å². The Morgan fingerprint density at radius 2 is 2.18 bits per heavy atom. The number of thiophene rings is 1. The molecular weight excluding hydrogens is 298 g/mol. The first-order valence-electron chi connectivity index (χ1n) is 7.87. The predicted molar refractivity (Wildman–Crippen MR) is 93.9 cm³/mol. The van der Waals surface area contributed by atoms with Crippen LogP contribution in [0, 0.1) is 5.92 Å². The summed E-state index contributed by atoms with van der Waals surface area (Å²) in [4.78, 5) is 6.07. The van der Waals surface area contributed by atoms with Crippen LogP contribution in [0.15, 0.2) is 22.5 Å². The lowest BCUT2D eigenvalue weighted by Gasteiger charge is -2.13. The minimum absolute atomic E-state index is 0.534. The molecule has 1 heterocycles. The van der Waals surface area contributed by atoms with Crippen molar-refractivity contribution in [2.24, 2.45) is 10.9 Å². The van der Waals surface area contributed by atoms with E-state index in [1.54, 1.807) is 7.11 Å². The van der Waals surface area contributed by atoms with Gasteiger partial charge in [-0.1, -0.05) is 13.0 Å². The topological polar surface area (TPSA) is 54.9 Å². The van der Waals surface area contributed by atoms with Crippen LogP contribution in [-0.2, 0) is 15.9 Å². The molecule has 0 aromatic carbocycles. The molecule has 0 amide bonds. The van der Waals surface area contributed by atoms with Crippen LogP contribution in [0.2, 0.25) is 0 Å². The first-order chi connectivity index (χ1) is 10.8. The molecule has 0 saturated carbocycles. The highest BCUT2D eigenvalue weighted by molar-refractivity contribution is 7.09. The van der Waals surface area contributed by atoms with Crippen molar-refractivity contribution >= 4 is 17.3 Å². The van der Waals surface area contributed by atoms with Crippen LogP contribution in [0.4, 0.5) is 0 Å². The van der Waals surface area contributed by atoms with Crippen LogP contribution in [0.25, 0.3) is 0 Å². The summed E-state index contributed by atoms with van der Waals surface area (Å²) in [6, 6.07) is 4.29. The molecule has 1 unspecified atom stereocenters. The van der Waals surface area contributed by atoms with Crippen molar-refractivity contribution in [2.75, 3.05) is 46.6 Å². The van der Waals surface area contributed by atoms with Gasteiger partial charge in [-0.3, -0.25) is 4.99 Å². The van der Waals surface area contributed by atoms with E-state index in [1.165, 1.54) is 4.88 Å². The standard InChI is InChI=1S/C16H29N3O2S/c1-4-17-16(18-7-8-21-10-9-20-3)19-13-14(2)12-15-6-5-11-22-15/h5-6,11,14H,4,7-10,12-13H2,1-3H3,(H2,17,18,19). The van der Waals surface area contributed by atoms with Crippen LogP contribution in [0.1, 0.15) is 18.7 Å². The van der Waals surface area contributed by atoms with Gasteiger partial charge in [0.15, 0.2) is 5.96 Å². The summed E-state index contributed by atoms with van der Waals surface area (Å²) >= 11 is 1.81. The molecule has 2 N–H and O–H groups in total. The Morgan fingerprint density at radius 3 is 2.86 bits per heavy atom. The van der Waals surface area contributed by atoms with Gasteiger partial charge in [0.2, 0.25) is 0 Å². The fourth-order valence-electron chi connectivity index (χ4n) is 1.91. The monoisotopic (exact) mass is 327 g/mol. The third kappa shape index (κ3) is 9.02. The highest BCUT2D eigenvalue weighted by atomic mass is 32.1. The average Bonchev–Trinajstić information content (AvgIpc) is 3.01. The van der Waals surface area contributed by atoms with Crippen LogP contribution in [0.3, 0.4) is 0 Å². The first kappa shape index (κ1) is 18.9. The minimum atomic E-state index is 0.534. The van der Waals surface area contributed by atoms with Gasteiger partial charge in [0.25, 0.3) is 0 Å². The smallest absolute Gasteiger partial charge is 0.191 e. The molecule has 1 rings (SSSR count). The van der Waals surface area contributed by atoms with Crippen LogP contribution in [0.5, 0.6) is 0 Å². The number of hydrogen-bond donors (Lipinski definition) is 2. The summed E-state index contributed by atoms with van der Waals surface area (Å²) in [6.07, 6.45) is 1.08. The third-order valence-electron chi connectivity index (χ3n) is 3.01. The quantitative estimate of drug-likeness (QED) is 0.371. The zero-order chi connectivity index (χ0) is 16.0. The van der Waals surface area contributed by atoms with E-state index in [0.29, 0.717) is 25.7 Å². The van der Waals surface area contributed by atoms with Crippen molar-refractivity contribution in [3.05, 3.63) is 22.4 Å². The molecule has 0 aliphatic heterocycles. The number of rotatable bonds is 11. The number of aliphatic imine (C=N–C) groups is 1. The highest BCUT2D eigenvalue weighted by Gasteiger charge is 2.05. The predicted octanol–water partition coefficient (Wildman–Crippen LogP) is 2.14. The van der Waals surface area contributed by atoms with Gasteiger partial charge in [-0.2, -0.15) is 0 Å². The normalized spacial score (nSPS) is 13.1. The van der Waals surface area contributed by atoms with Gasteiger partial charge in [0, 0.05) is 31.6 Å². The Bertz CT molecular complexity index is 396. The number of ether oxygens (including phenoxy) is 2. The molecule has 0 aliphatic rings. The zero-order valence-corrected chi connectivity index (χ0v) is 14.7. The summed E-state index contributed by atoms with van der Waals surface area (Å²) in [6.45, 7) is 8.64. The molecule has 1 atom stereocenters. The number of nitrogens with one attached hydrogen (secondary N) is 2. The van der Waals surface area contributed by atoms with E-state index in [2.05, 4.69) is 47.0 Å². The molecule has 1 aromatic heterocycles. The van der Waals surface area contributed by atoms with Gasteiger partial charge in [0.05, 0.1) is 19.8 Å². The van der Waals surface area contributed by atoms with E-state index in [4.69, 9.17) is 9.47 Å². The van der Waals surface area contributed by atoms with E-state index in [0.717, 1.165) is 32.0 Å². The van der Waals surface area contributed by atoms with Crippen LogP contribution < -0.4 is 10.6 Å². The minimum Gasteiger partial charge on any atom is -0.382 e. The summed E-state index contributed by atoms with van der Waals surface area (Å²) in [5, 5.41) is 8.67. The Kier molecular flexibility index (Phi) is 10.7. The molecule has 0 saturated heterocycles. The van der Waals surface area contributed by atoms with E-state index in [-0.39, 0.29) is 0 Å². The molecular formula is C16H29N3O2S. The molecule has 0 aliphatic carbocycles. The Hall–Kier alpha value is -1.11. The molecule has 5 nitrogen and oxygen atoms in total. The second-order valence-electron chi connectivity index (χ2n) is 5.14. The molecule has 0 fully saturated rings. The highest BCUT2D eigenvalue weighted by Crippen LogP contribution is 2.14. The van der Waals surface area contributed by atoms with Crippen LogP contribution >= 0.6 is 11.3 Å². The third-order valence-corrected chi connectivity index (χ3v) is 3.90. The van der Waals surface area contributed by atoms with E-state index in [9.17, 15) is 0 Å². The van der Waals surface area contributed by atoms with Gasteiger partial charge in [-0.15, -0.1) is 11.3 Å². The molecule has 22 heavy (non-hydrogen) atoms. The maximum absolute atomic E-state index is 5.43. The lowest BCUT2D eigenvalue weighted by atomic mass is 10.1. The Balaban J connectivity index is 2.25. The maximum Gasteiger partial charge on any atom is 0.191 e. The van der Waals surface area contributed by atoms with E-state index in [1.807, 2.05) is 11.3 Å². The second-order valence-corrected chi connectivity index (χ2v) is 6.17. The molecule has 0 radical (unpaired) electrons. The lowest BCUT2D eigenvalue weighted by Crippen LogP contribution is -2.39. The second kappa shape index (κ2) is 12.4. The van der Waals surface area contributed by atoms with Gasteiger partial charge in [-0.25, -0.2) is 0 Å². The van der Waals surface area contributed by atoms with Crippen LogP contribution in [-0.4, -0.2) is 52.5 Å². The number of guanidine groups is 1. The van der Waals surface area contributed by atoms with Crippen molar-refractivity contribution in [3.8, 4) is 0 Å². The van der Waals surface area contributed by atoms with E-state index >= 15 is 0 Å². The fraction of sp³-hybridized carbons (Fsp3) is 0.688. The first-order valence-corrected chi connectivity index (χ1v) is 8.75. The summed E-state index contributed by atoms with van der Waals surface area (Å²) < 4.78 is 10.4. The number of methoxy groups -OCH3 is 1. The maximum atomic E-state index is 5.43. The van der Waals surface area contributed by atoms with E-state index < -0.39 is 0 Å². The molecule has 6 heteroatoms. The molecule has 1 aromatic rings. The number of nitrogens with zero attached hydrogens (tertiary/aromatic N) is 1. The van der Waals surface area contributed by atoms with Crippen molar-refractivity contribution in [1.29, 1.82) is 0 Å². The van der Waals surface area contributed by atoms with Gasteiger partial charge in [0.1, 0.15) is 0 Å². The fourth-order valence-corrected chi connectivity index (χ4v) is 2.78.